The number of nitrogens with two attached hydrogens (primary N) is 1. The van der Waals surface area contributed by atoms with Crippen molar-refractivity contribution in [3.8, 4) is 0 Å². The molecule has 1 aliphatic heterocycles. The van der Waals surface area contributed by atoms with Crippen LogP contribution >= 0.6 is 0 Å². The molecule has 0 radical (unpaired) electrons. The highest BCUT2D eigenvalue weighted by Crippen LogP contribution is 2.28. The second kappa shape index (κ2) is 24.9. The van der Waals surface area contributed by atoms with Crippen LogP contribution in [-0.4, -0.2) is 133 Å². The zero-order chi connectivity index (χ0) is 41.1. The lowest BCUT2D eigenvalue weighted by molar-refractivity contribution is -0.147. The van der Waals surface area contributed by atoms with E-state index in [0.29, 0.717) is 25.7 Å². The van der Waals surface area contributed by atoms with E-state index in [9.17, 15) is 39.0 Å². The summed E-state index contributed by atoms with van der Waals surface area (Å²) in [5, 5.41) is 29.9. The van der Waals surface area contributed by atoms with E-state index >= 15 is 0 Å². The minimum Gasteiger partial charge on any atom is -0.447 e. The van der Waals surface area contributed by atoms with Gasteiger partial charge in [0.15, 0.2) is 0 Å². The van der Waals surface area contributed by atoms with E-state index in [1.165, 1.54) is 4.90 Å². The van der Waals surface area contributed by atoms with Gasteiger partial charge < -0.3 is 56.3 Å². The summed E-state index contributed by atoms with van der Waals surface area (Å²) in [6, 6.07) is -5.56. The van der Waals surface area contributed by atoms with Crippen molar-refractivity contribution in [2.45, 2.75) is 148 Å². The molecule has 6 amide bonds. The summed E-state index contributed by atoms with van der Waals surface area (Å²) in [6.07, 6.45) is 5.56. The second-order valence-corrected chi connectivity index (χ2v) is 15.5. The number of primary amides is 1. The molecule has 0 aromatic carbocycles. The van der Waals surface area contributed by atoms with Crippen LogP contribution < -0.4 is 27.0 Å². The number of hydrogen-bond donors (Lipinski definition) is 7. The van der Waals surface area contributed by atoms with Gasteiger partial charge in [0, 0.05) is 13.1 Å². The van der Waals surface area contributed by atoms with E-state index in [1.807, 2.05) is 13.8 Å². The molecule has 17 nitrogen and oxygen atoms in total. The molecule has 17 heteroatoms. The summed E-state index contributed by atoms with van der Waals surface area (Å²) in [4.78, 5) is 83.1. The Balaban J connectivity index is 2.62. The summed E-state index contributed by atoms with van der Waals surface area (Å²) in [5.41, 5.74) is 5.21. The number of aliphatic hydroxyl groups excluding tert-OH is 2. The standard InChI is InChI=1S/C38H68N6O11/c1-7-8-9-13-16-31-25(5)37(51)44(6)30(17-23(2)3)35(49)43-32(26-14-11-10-12-15-26)36(50)42-29(22-55-38(39)52)34(48)41-28(21-53-20-27(46)18-45)33(47)40-24(4)19-54-31/h23-32,45-46H,7-22H2,1-6H3,(H2,39,52)(H,40,47)(H,41,48)(H,42,50)(H,43,49)/t24-,25-,27?,28+,29+,30+,31-,32+/m1/s1. The maximum absolute atomic E-state index is 14.3. The van der Waals surface area contributed by atoms with Crippen molar-refractivity contribution in [1.82, 2.24) is 26.2 Å². The predicted octanol–water partition coefficient (Wildman–Crippen LogP) is 0.869. The molecule has 0 spiro atoms. The van der Waals surface area contributed by atoms with Crippen molar-refractivity contribution < 1.29 is 53.2 Å². The van der Waals surface area contributed by atoms with Gasteiger partial charge in [-0.05, 0) is 44.4 Å². The number of carbonyl (C=O) groups is 6. The number of likely N-dealkylation sites (N-methyl/N-ethyl adjacent to an activating group) is 1. The lowest BCUT2D eigenvalue weighted by Crippen LogP contribution is -2.61. The molecule has 1 heterocycles. The van der Waals surface area contributed by atoms with E-state index in [0.717, 1.165) is 44.9 Å². The largest absolute Gasteiger partial charge is 0.447 e. The predicted molar refractivity (Wildman–Crippen MR) is 203 cm³/mol. The minimum atomic E-state index is -1.55. The molecule has 8 N–H and O–H groups in total. The first-order valence-electron chi connectivity index (χ1n) is 20.0. The number of amides is 6. The number of rotatable bonds is 15. The highest BCUT2D eigenvalue weighted by atomic mass is 16.5. The highest BCUT2D eigenvalue weighted by molar-refractivity contribution is 5.96. The fraction of sp³-hybridized carbons (Fsp3) is 0.842. The molecule has 2 aliphatic rings. The van der Waals surface area contributed by atoms with Gasteiger partial charge in [-0.2, -0.15) is 0 Å². The van der Waals surface area contributed by atoms with Gasteiger partial charge in [-0.1, -0.05) is 72.6 Å². The molecule has 1 aliphatic carbocycles. The minimum absolute atomic E-state index is 0.0123. The Kier molecular flexibility index (Phi) is 21.5. The van der Waals surface area contributed by atoms with Gasteiger partial charge in [0.25, 0.3) is 0 Å². The van der Waals surface area contributed by atoms with Crippen LogP contribution in [0.1, 0.15) is 105 Å². The summed E-state index contributed by atoms with van der Waals surface area (Å²) in [7, 11) is 1.59. The normalized spacial score (nSPS) is 27.9. The van der Waals surface area contributed by atoms with Crippen LogP contribution in [-0.2, 0) is 38.2 Å². The van der Waals surface area contributed by atoms with Gasteiger partial charge >= 0.3 is 6.09 Å². The molecule has 2 fully saturated rings. The Labute approximate surface area is 325 Å². The Bertz CT molecular complexity index is 1230. The SMILES string of the molecule is CCCCCC[C@H]1OC[C@@H](C)NC(=O)[C@H](COCC(O)CO)NC(=O)[C@H](COC(N)=O)NC(=O)[C@H](C2CCCCC2)NC(=O)[C@H](CC(C)C)N(C)C(=O)[C@@H]1C. The van der Waals surface area contributed by atoms with Gasteiger partial charge in [0.05, 0.1) is 38.4 Å². The Morgan fingerprint density at radius 2 is 1.55 bits per heavy atom. The third-order valence-electron chi connectivity index (χ3n) is 10.2. The first-order valence-corrected chi connectivity index (χ1v) is 20.0. The Morgan fingerprint density at radius 3 is 2.16 bits per heavy atom. The molecule has 0 bridgehead atoms. The van der Waals surface area contributed by atoms with Crippen molar-refractivity contribution in [2.75, 3.05) is 40.1 Å². The van der Waals surface area contributed by atoms with Crippen LogP contribution in [0.15, 0.2) is 0 Å². The first kappa shape index (κ1) is 47.6. The van der Waals surface area contributed by atoms with Crippen molar-refractivity contribution in [3.05, 3.63) is 0 Å². The lowest BCUT2D eigenvalue weighted by atomic mass is 9.83. The van der Waals surface area contributed by atoms with Gasteiger partial charge in [0.1, 0.15) is 36.9 Å². The number of aliphatic hydroxyl groups is 2. The third kappa shape index (κ3) is 16.6. The summed E-state index contributed by atoms with van der Waals surface area (Å²) in [5.74, 6) is -4.06. The van der Waals surface area contributed by atoms with Crippen molar-refractivity contribution in [2.24, 2.45) is 23.5 Å². The molecule has 316 valence electrons. The molecule has 1 unspecified atom stereocenters. The summed E-state index contributed by atoms with van der Waals surface area (Å²) in [6.45, 7) is 7.41. The molecule has 1 saturated heterocycles. The van der Waals surface area contributed by atoms with E-state index in [2.05, 4.69) is 28.2 Å². The van der Waals surface area contributed by atoms with E-state index in [-0.39, 0.29) is 31.0 Å². The average Bonchev–Trinajstić information content (AvgIpc) is 3.15. The number of nitrogens with one attached hydrogen (secondary N) is 4. The molecule has 1 saturated carbocycles. The lowest BCUT2D eigenvalue weighted by Gasteiger charge is -2.36. The molecule has 0 aromatic heterocycles. The number of nitrogens with zero attached hydrogens (tertiary/aromatic N) is 1. The maximum Gasteiger partial charge on any atom is 0.404 e. The summed E-state index contributed by atoms with van der Waals surface area (Å²) >= 11 is 0. The van der Waals surface area contributed by atoms with Gasteiger partial charge in [-0.3, -0.25) is 24.0 Å². The van der Waals surface area contributed by atoms with Gasteiger partial charge in [-0.25, -0.2) is 4.79 Å². The highest BCUT2D eigenvalue weighted by Gasteiger charge is 2.39. The van der Waals surface area contributed by atoms with Crippen LogP contribution in [0.4, 0.5) is 4.79 Å². The van der Waals surface area contributed by atoms with E-state index in [4.69, 9.17) is 19.9 Å². The van der Waals surface area contributed by atoms with Crippen LogP contribution in [0.2, 0.25) is 0 Å². The Morgan fingerprint density at radius 1 is 0.909 bits per heavy atom. The molecular weight excluding hydrogens is 716 g/mol. The average molecular weight is 785 g/mol. The van der Waals surface area contributed by atoms with Crippen molar-refractivity contribution in [1.29, 1.82) is 0 Å². The van der Waals surface area contributed by atoms with Crippen molar-refractivity contribution >= 4 is 35.6 Å². The zero-order valence-corrected chi connectivity index (χ0v) is 33.7. The van der Waals surface area contributed by atoms with E-state index < -0.39 is 97.9 Å². The van der Waals surface area contributed by atoms with E-state index in [1.54, 1.807) is 20.9 Å². The molecule has 0 aromatic rings. The van der Waals surface area contributed by atoms with Crippen LogP contribution in [0.3, 0.4) is 0 Å². The van der Waals surface area contributed by atoms with Crippen LogP contribution in [0, 0.1) is 17.8 Å². The van der Waals surface area contributed by atoms with Crippen molar-refractivity contribution in [3.63, 3.8) is 0 Å². The molecule has 55 heavy (non-hydrogen) atoms. The Hall–Kier alpha value is -3.54. The fourth-order valence-electron chi connectivity index (χ4n) is 6.98. The topological polar surface area (TPSA) is 248 Å². The number of unbranched alkanes of at least 4 members (excludes halogenated alkanes) is 3. The quantitative estimate of drug-likeness (QED) is 0.115. The second-order valence-electron chi connectivity index (χ2n) is 15.5. The van der Waals surface area contributed by atoms with Gasteiger partial charge in [0.2, 0.25) is 29.5 Å². The number of carbonyl (C=O) groups excluding carboxylic acids is 6. The molecular formula is C38H68N6O11. The van der Waals surface area contributed by atoms with Crippen LogP contribution in [0.25, 0.3) is 0 Å². The fourth-order valence-corrected chi connectivity index (χ4v) is 6.98. The first-order chi connectivity index (χ1) is 26.1. The number of hydrogen-bond acceptors (Lipinski definition) is 11. The molecule has 2 rings (SSSR count). The smallest absolute Gasteiger partial charge is 0.404 e. The summed E-state index contributed by atoms with van der Waals surface area (Å²) < 4.78 is 16.7. The third-order valence-corrected chi connectivity index (χ3v) is 10.2. The number of ether oxygens (including phenoxy) is 3. The van der Waals surface area contributed by atoms with Crippen LogP contribution in [0.5, 0.6) is 0 Å². The van der Waals surface area contributed by atoms with Gasteiger partial charge in [-0.15, -0.1) is 0 Å². The molecule has 8 atom stereocenters. The maximum atomic E-state index is 14.3. The monoisotopic (exact) mass is 784 g/mol. The zero-order valence-electron chi connectivity index (χ0n) is 33.7.